The largest absolute Gasteiger partial charge is 0.416 e. The molecule has 0 unspecified atom stereocenters. The topological polar surface area (TPSA) is 54.0 Å². The average molecular weight is 429 g/mol. The number of rotatable bonds is 4. The van der Waals surface area contributed by atoms with Crippen LogP contribution in [0.4, 0.5) is 31.1 Å². The summed E-state index contributed by atoms with van der Waals surface area (Å²) < 4.78 is 76.8. The number of amides is 2. The van der Waals surface area contributed by atoms with E-state index in [0.717, 1.165) is 31.2 Å². The van der Waals surface area contributed by atoms with E-state index >= 15 is 0 Å². The third-order valence-electron chi connectivity index (χ3n) is 4.06. The molecule has 1 heterocycles. The second-order valence-electron chi connectivity index (χ2n) is 6.25. The van der Waals surface area contributed by atoms with Crippen molar-refractivity contribution in [1.82, 2.24) is 15.6 Å². The molecule has 0 aliphatic heterocycles. The average Bonchev–Trinajstić information content (AvgIpc) is 2.66. The second-order valence-corrected chi connectivity index (χ2v) is 6.25. The molecule has 2 rings (SSSR count). The van der Waals surface area contributed by atoms with Gasteiger partial charge in [-0.15, -0.1) is 5.92 Å². The predicted octanol–water partition coefficient (Wildman–Crippen LogP) is 4.81. The van der Waals surface area contributed by atoms with Crippen molar-refractivity contribution in [2.24, 2.45) is 0 Å². The van der Waals surface area contributed by atoms with Gasteiger partial charge >= 0.3 is 18.4 Å². The Morgan fingerprint density at radius 1 is 1.03 bits per heavy atom. The Balaban J connectivity index is 2.43. The van der Waals surface area contributed by atoms with Crippen molar-refractivity contribution in [3.8, 4) is 11.8 Å². The second kappa shape index (κ2) is 9.07. The number of hydrogen-bond acceptors (Lipinski definition) is 2. The number of carbonyl (C=O) groups excluding carboxylic acids is 1. The SMILES string of the molecule is CC#Cc1cccnc1[C@@H](NC(=O)N[C@@H](C)C(F)(F)F)c1ccc(C(F)(F)F)cc1. The Bertz CT molecular complexity index is 942. The van der Waals surface area contributed by atoms with E-state index in [0.29, 0.717) is 5.56 Å². The molecule has 2 aromatic rings. The van der Waals surface area contributed by atoms with Gasteiger partial charge in [0.1, 0.15) is 6.04 Å². The maximum Gasteiger partial charge on any atom is 0.416 e. The minimum absolute atomic E-state index is 0.182. The van der Waals surface area contributed by atoms with Crippen molar-refractivity contribution < 1.29 is 31.1 Å². The molecule has 160 valence electrons. The summed E-state index contributed by atoms with van der Waals surface area (Å²) >= 11 is 0. The number of halogens is 6. The Labute approximate surface area is 168 Å². The summed E-state index contributed by atoms with van der Waals surface area (Å²) in [5.41, 5.74) is -0.166. The van der Waals surface area contributed by atoms with Crippen LogP contribution in [0.3, 0.4) is 0 Å². The van der Waals surface area contributed by atoms with Crippen LogP contribution in [0, 0.1) is 11.8 Å². The lowest BCUT2D eigenvalue weighted by atomic mass is 9.98. The van der Waals surface area contributed by atoms with E-state index in [1.54, 1.807) is 24.4 Å². The van der Waals surface area contributed by atoms with Gasteiger partial charge in [-0.1, -0.05) is 18.1 Å². The number of nitrogens with zero attached hydrogens (tertiary/aromatic N) is 1. The van der Waals surface area contributed by atoms with Gasteiger partial charge in [-0.3, -0.25) is 4.98 Å². The molecule has 30 heavy (non-hydrogen) atoms. The van der Waals surface area contributed by atoms with Gasteiger partial charge in [-0.2, -0.15) is 26.3 Å². The number of pyridine rings is 1. The molecule has 0 aliphatic carbocycles. The molecule has 0 spiro atoms. The van der Waals surface area contributed by atoms with Crippen molar-refractivity contribution in [1.29, 1.82) is 0 Å². The summed E-state index contributed by atoms with van der Waals surface area (Å²) in [7, 11) is 0. The molecule has 10 heteroatoms. The van der Waals surface area contributed by atoms with Crippen molar-refractivity contribution in [2.45, 2.75) is 38.3 Å². The van der Waals surface area contributed by atoms with Crippen LogP contribution in [0.2, 0.25) is 0 Å². The summed E-state index contributed by atoms with van der Waals surface area (Å²) in [5, 5.41) is 4.11. The summed E-state index contributed by atoms with van der Waals surface area (Å²) in [6.45, 7) is 2.32. The van der Waals surface area contributed by atoms with Gasteiger partial charge in [-0.05, 0) is 43.7 Å². The number of aromatic nitrogens is 1. The maximum atomic E-state index is 12.9. The fourth-order valence-electron chi connectivity index (χ4n) is 2.51. The van der Waals surface area contributed by atoms with Gasteiger partial charge in [0.2, 0.25) is 0 Å². The zero-order valence-electron chi connectivity index (χ0n) is 15.8. The molecule has 0 saturated carbocycles. The van der Waals surface area contributed by atoms with E-state index in [1.165, 1.54) is 6.20 Å². The summed E-state index contributed by atoms with van der Waals surface area (Å²) in [4.78, 5) is 16.3. The molecule has 0 radical (unpaired) electrons. The first kappa shape index (κ1) is 23.1. The van der Waals surface area contributed by atoms with Crippen molar-refractivity contribution in [3.63, 3.8) is 0 Å². The van der Waals surface area contributed by atoms with Crippen LogP contribution in [-0.4, -0.2) is 23.2 Å². The molecule has 0 fully saturated rings. The normalized spacial score (nSPS) is 13.6. The van der Waals surface area contributed by atoms with Crippen LogP contribution in [0.5, 0.6) is 0 Å². The standard InChI is InChI=1S/C20H17F6N3O/c1-3-5-13-6-4-11-27-16(13)17(29-18(30)28-12(2)19(21,22)23)14-7-9-15(10-8-14)20(24,25)26/h4,6-12,17H,1-2H3,(H2,28,29,30)/t12-,17-/m0/s1. The summed E-state index contributed by atoms with van der Waals surface area (Å²) in [5.74, 6) is 5.41. The fraction of sp³-hybridized carbons (Fsp3) is 0.300. The maximum absolute atomic E-state index is 12.9. The summed E-state index contributed by atoms with van der Waals surface area (Å²) in [6.07, 6.45) is -7.85. The molecule has 2 amide bonds. The van der Waals surface area contributed by atoms with Crippen molar-refractivity contribution in [3.05, 3.63) is 65.0 Å². The number of carbonyl (C=O) groups is 1. The van der Waals surface area contributed by atoms with Crippen LogP contribution >= 0.6 is 0 Å². The molecule has 0 aliphatic rings. The smallest absolute Gasteiger partial charge is 0.327 e. The zero-order chi connectivity index (χ0) is 22.5. The summed E-state index contributed by atoms with van der Waals surface area (Å²) in [6, 6.07) is 2.59. The molecule has 2 atom stereocenters. The highest BCUT2D eigenvalue weighted by Gasteiger charge is 2.37. The van der Waals surface area contributed by atoms with E-state index < -0.39 is 36.0 Å². The minimum Gasteiger partial charge on any atom is -0.327 e. The van der Waals surface area contributed by atoms with Crippen molar-refractivity contribution >= 4 is 6.03 Å². The van der Waals surface area contributed by atoms with E-state index in [2.05, 4.69) is 22.1 Å². The van der Waals surface area contributed by atoms with E-state index in [4.69, 9.17) is 0 Å². The monoisotopic (exact) mass is 429 g/mol. The van der Waals surface area contributed by atoms with Gasteiger partial charge in [-0.25, -0.2) is 4.79 Å². The Hall–Kier alpha value is -3.22. The molecule has 0 bridgehead atoms. The number of hydrogen-bond donors (Lipinski definition) is 2. The quantitative estimate of drug-likeness (QED) is 0.541. The lowest BCUT2D eigenvalue weighted by molar-refractivity contribution is -0.148. The van der Waals surface area contributed by atoms with Crippen molar-refractivity contribution in [2.75, 3.05) is 0 Å². The first-order chi connectivity index (χ1) is 13.9. The number of benzene rings is 1. The van der Waals surface area contributed by atoms with E-state index in [1.807, 2.05) is 0 Å². The van der Waals surface area contributed by atoms with Gasteiger partial charge < -0.3 is 10.6 Å². The molecule has 4 nitrogen and oxygen atoms in total. The van der Waals surface area contributed by atoms with Gasteiger partial charge in [0.15, 0.2) is 0 Å². The first-order valence-electron chi connectivity index (χ1n) is 8.62. The number of urea groups is 1. The zero-order valence-corrected chi connectivity index (χ0v) is 15.8. The van der Waals surface area contributed by atoms with Gasteiger partial charge in [0, 0.05) is 11.8 Å². The molecule has 2 N–H and O–H groups in total. The van der Waals surface area contributed by atoms with E-state index in [9.17, 15) is 31.1 Å². The molecule has 1 aromatic carbocycles. The van der Waals surface area contributed by atoms with Gasteiger partial charge in [0.25, 0.3) is 0 Å². The van der Waals surface area contributed by atoms with Crippen LogP contribution in [0.15, 0.2) is 42.6 Å². The fourth-order valence-corrected chi connectivity index (χ4v) is 2.51. The molecule has 1 aromatic heterocycles. The molecular weight excluding hydrogens is 412 g/mol. The van der Waals surface area contributed by atoms with Crippen LogP contribution in [0.1, 0.15) is 42.3 Å². The Morgan fingerprint density at radius 2 is 1.67 bits per heavy atom. The highest BCUT2D eigenvalue weighted by Crippen LogP contribution is 2.31. The molecule has 0 saturated heterocycles. The predicted molar refractivity (Wildman–Crippen MR) is 97.3 cm³/mol. The van der Waals surface area contributed by atoms with Gasteiger partial charge in [0.05, 0.1) is 17.3 Å². The lowest BCUT2D eigenvalue weighted by Gasteiger charge is -2.23. The Morgan fingerprint density at radius 3 is 2.20 bits per heavy atom. The highest BCUT2D eigenvalue weighted by molar-refractivity contribution is 5.75. The van der Waals surface area contributed by atoms with Crippen LogP contribution < -0.4 is 10.6 Å². The lowest BCUT2D eigenvalue weighted by Crippen LogP contribution is -2.48. The van der Waals surface area contributed by atoms with E-state index in [-0.39, 0.29) is 11.3 Å². The van der Waals surface area contributed by atoms with Crippen LogP contribution in [0.25, 0.3) is 0 Å². The third kappa shape index (κ3) is 5.89. The minimum atomic E-state index is -4.66. The third-order valence-corrected chi connectivity index (χ3v) is 4.06. The Kier molecular flexibility index (Phi) is 6.97. The molecular formula is C20H17F6N3O. The number of nitrogens with one attached hydrogen (secondary N) is 2. The first-order valence-corrected chi connectivity index (χ1v) is 8.62. The van der Waals surface area contributed by atoms with Crippen LogP contribution in [-0.2, 0) is 6.18 Å². The highest BCUT2D eigenvalue weighted by atomic mass is 19.4. The number of alkyl halides is 6.